The lowest BCUT2D eigenvalue weighted by Gasteiger charge is -2.13. The number of halogens is 2. The van der Waals surface area contributed by atoms with E-state index in [4.69, 9.17) is 11.6 Å². The van der Waals surface area contributed by atoms with Gasteiger partial charge >= 0.3 is 0 Å². The maximum atomic E-state index is 10.2. The third-order valence-corrected chi connectivity index (χ3v) is 4.57. The van der Waals surface area contributed by atoms with Crippen molar-refractivity contribution >= 4 is 38.9 Å². The van der Waals surface area contributed by atoms with E-state index in [1.165, 1.54) is 0 Å². The first-order valence-corrected chi connectivity index (χ1v) is 7.28. The lowest BCUT2D eigenvalue weighted by atomic mass is 10.0. The van der Waals surface area contributed by atoms with Gasteiger partial charge in [-0.15, -0.1) is 11.3 Å². The van der Waals surface area contributed by atoms with Crippen molar-refractivity contribution in [3.05, 3.63) is 55.1 Å². The van der Waals surface area contributed by atoms with Crippen molar-refractivity contribution in [2.24, 2.45) is 0 Å². The normalized spacial score (nSPS) is 12.7. The van der Waals surface area contributed by atoms with Gasteiger partial charge in [0.25, 0.3) is 0 Å². The van der Waals surface area contributed by atoms with Gasteiger partial charge in [-0.05, 0) is 52.2 Å². The Labute approximate surface area is 118 Å². The molecule has 0 amide bonds. The number of aryl methyl sites for hydroxylation is 1. The Hall–Kier alpha value is -0.350. The second kappa shape index (κ2) is 5.53. The number of thiophene rings is 1. The molecule has 0 aliphatic rings. The topological polar surface area (TPSA) is 20.2 Å². The lowest BCUT2D eigenvalue weighted by molar-refractivity contribution is 0.178. The van der Waals surface area contributed by atoms with Gasteiger partial charge in [-0.2, -0.15) is 0 Å². The van der Waals surface area contributed by atoms with Gasteiger partial charge in [-0.3, -0.25) is 0 Å². The fourth-order valence-corrected chi connectivity index (χ4v) is 3.40. The minimum Gasteiger partial charge on any atom is -0.388 e. The third kappa shape index (κ3) is 3.32. The van der Waals surface area contributed by atoms with Crippen molar-refractivity contribution < 1.29 is 5.11 Å². The molecule has 2 aromatic rings. The Morgan fingerprint density at radius 2 is 2.18 bits per heavy atom. The Morgan fingerprint density at radius 1 is 1.41 bits per heavy atom. The van der Waals surface area contributed by atoms with E-state index in [0.717, 1.165) is 20.5 Å². The van der Waals surface area contributed by atoms with Crippen molar-refractivity contribution in [2.45, 2.75) is 19.4 Å². The van der Waals surface area contributed by atoms with E-state index in [9.17, 15) is 5.11 Å². The number of hydrogen-bond acceptors (Lipinski definition) is 2. The molecule has 1 aromatic heterocycles. The molecule has 2 rings (SSSR count). The molecule has 0 saturated carbocycles. The highest BCUT2D eigenvalue weighted by Gasteiger charge is 2.12. The predicted octanol–water partition coefficient (Wildman–Crippen LogP) is 4.75. The Balaban J connectivity index is 2.19. The first-order valence-electron chi connectivity index (χ1n) is 5.23. The molecule has 0 radical (unpaired) electrons. The zero-order chi connectivity index (χ0) is 12.4. The quantitative estimate of drug-likeness (QED) is 0.860. The molecule has 90 valence electrons. The number of hydrogen-bond donors (Lipinski definition) is 1. The Bertz CT molecular complexity index is 524. The van der Waals surface area contributed by atoms with Gasteiger partial charge in [0.2, 0.25) is 0 Å². The van der Waals surface area contributed by atoms with Crippen molar-refractivity contribution in [1.82, 2.24) is 0 Å². The zero-order valence-electron chi connectivity index (χ0n) is 9.28. The fourth-order valence-electron chi connectivity index (χ4n) is 1.73. The van der Waals surface area contributed by atoms with Crippen LogP contribution in [0.3, 0.4) is 0 Å². The average molecular weight is 332 g/mol. The predicted molar refractivity (Wildman–Crippen MR) is 76.9 cm³/mol. The van der Waals surface area contributed by atoms with E-state index in [0.29, 0.717) is 11.4 Å². The molecule has 1 heterocycles. The molecular formula is C13H12BrClOS. The van der Waals surface area contributed by atoms with Gasteiger partial charge in [-0.1, -0.05) is 17.7 Å². The molecule has 4 heteroatoms. The van der Waals surface area contributed by atoms with Crippen molar-refractivity contribution in [1.29, 1.82) is 0 Å². The highest BCUT2D eigenvalue weighted by Crippen LogP contribution is 2.28. The van der Waals surface area contributed by atoms with Crippen LogP contribution in [-0.2, 0) is 6.42 Å². The van der Waals surface area contributed by atoms with E-state index in [2.05, 4.69) is 15.9 Å². The van der Waals surface area contributed by atoms with Crippen molar-refractivity contribution in [3.63, 3.8) is 0 Å². The Morgan fingerprint density at radius 3 is 2.82 bits per heavy atom. The first-order chi connectivity index (χ1) is 8.06. The van der Waals surface area contributed by atoms with Crippen LogP contribution in [0.25, 0.3) is 0 Å². The highest BCUT2D eigenvalue weighted by molar-refractivity contribution is 9.10. The summed E-state index contributed by atoms with van der Waals surface area (Å²) < 4.78 is 1.06. The monoisotopic (exact) mass is 330 g/mol. The lowest BCUT2D eigenvalue weighted by Crippen LogP contribution is -2.02. The number of rotatable bonds is 3. The first kappa shape index (κ1) is 13.1. The molecule has 0 aliphatic heterocycles. The van der Waals surface area contributed by atoms with Gasteiger partial charge < -0.3 is 5.11 Å². The molecule has 1 N–H and O–H groups in total. The fraction of sp³-hybridized carbons (Fsp3) is 0.231. The summed E-state index contributed by atoms with van der Waals surface area (Å²) in [6.07, 6.45) is 0.122. The molecule has 1 aromatic carbocycles. The molecule has 17 heavy (non-hydrogen) atoms. The maximum Gasteiger partial charge on any atom is 0.0841 e. The number of benzene rings is 1. The summed E-state index contributed by atoms with van der Waals surface area (Å²) in [5, 5.41) is 12.9. The summed E-state index contributed by atoms with van der Waals surface area (Å²) >= 11 is 11.0. The standard InChI is InChI=1S/C13H12BrClOS/c1-8-2-3-10(15)5-12(8)13(16)6-11-4-9(14)7-17-11/h2-5,7,13,16H,6H2,1H3. The van der Waals surface area contributed by atoms with Crippen LogP contribution in [-0.4, -0.2) is 5.11 Å². The van der Waals surface area contributed by atoms with Crippen molar-refractivity contribution in [2.75, 3.05) is 0 Å². The van der Waals surface area contributed by atoms with E-state index in [1.807, 2.05) is 36.6 Å². The van der Waals surface area contributed by atoms with E-state index in [1.54, 1.807) is 11.3 Å². The third-order valence-electron chi connectivity index (χ3n) is 2.62. The minimum absolute atomic E-state index is 0.501. The average Bonchev–Trinajstić information content (AvgIpc) is 2.67. The largest absolute Gasteiger partial charge is 0.388 e. The number of aliphatic hydroxyl groups is 1. The smallest absolute Gasteiger partial charge is 0.0841 e. The van der Waals surface area contributed by atoms with Crippen LogP contribution >= 0.6 is 38.9 Å². The highest BCUT2D eigenvalue weighted by atomic mass is 79.9. The maximum absolute atomic E-state index is 10.2. The van der Waals surface area contributed by atoms with Crippen LogP contribution in [0, 0.1) is 6.92 Å². The van der Waals surface area contributed by atoms with Crippen LogP contribution in [0.4, 0.5) is 0 Å². The molecule has 1 atom stereocenters. The molecule has 0 saturated heterocycles. The summed E-state index contributed by atoms with van der Waals surface area (Å²) in [5.74, 6) is 0. The second-order valence-corrected chi connectivity index (χ2v) is 6.30. The van der Waals surface area contributed by atoms with Crippen molar-refractivity contribution in [3.8, 4) is 0 Å². The summed E-state index contributed by atoms with van der Waals surface area (Å²) in [6.45, 7) is 1.99. The Kier molecular flexibility index (Phi) is 4.26. The molecule has 1 unspecified atom stereocenters. The van der Waals surface area contributed by atoms with Crippen LogP contribution < -0.4 is 0 Å². The van der Waals surface area contributed by atoms with E-state index < -0.39 is 6.10 Å². The van der Waals surface area contributed by atoms with Crippen LogP contribution in [0.15, 0.2) is 34.1 Å². The summed E-state index contributed by atoms with van der Waals surface area (Å²) in [6, 6.07) is 7.65. The molecule has 1 nitrogen and oxygen atoms in total. The van der Waals surface area contributed by atoms with Crippen LogP contribution in [0.5, 0.6) is 0 Å². The molecule has 0 spiro atoms. The summed E-state index contributed by atoms with van der Waals surface area (Å²) in [5.41, 5.74) is 1.97. The van der Waals surface area contributed by atoms with Gasteiger partial charge in [0.15, 0.2) is 0 Å². The minimum atomic E-state index is -0.501. The van der Waals surface area contributed by atoms with Gasteiger partial charge in [-0.25, -0.2) is 0 Å². The molecular weight excluding hydrogens is 320 g/mol. The second-order valence-electron chi connectivity index (χ2n) is 3.95. The molecule has 0 aliphatic carbocycles. The zero-order valence-corrected chi connectivity index (χ0v) is 12.4. The van der Waals surface area contributed by atoms with Gasteiger partial charge in [0.05, 0.1) is 6.10 Å². The number of aliphatic hydroxyl groups excluding tert-OH is 1. The summed E-state index contributed by atoms with van der Waals surface area (Å²) in [7, 11) is 0. The van der Waals surface area contributed by atoms with Crippen LogP contribution in [0.1, 0.15) is 22.1 Å². The van der Waals surface area contributed by atoms with E-state index in [-0.39, 0.29) is 0 Å². The van der Waals surface area contributed by atoms with Gasteiger partial charge in [0, 0.05) is 26.2 Å². The van der Waals surface area contributed by atoms with Gasteiger partial charge in [0.1, 0.15) is 0 Å². The van der Waals surface area contributed by atoms with Crippen LogP contribution in [0.2, 0.25) is 5.02 Å². The summed E-state index contributed by atoms with van der Waals surface area (Å²) in [4.78, 5) is 1.16. The molecule has 0 fully saturated rings. The van der Waals surface area contributed by atoms with E-state index >= 15 is 0 Å². The molecule has 0 bridgehead atoms. The SMILES string of the molecule is Cc1ccc(Cl)cc1C(O)Cc1cc(Br)cs1.